The van der Waals surface area contributed by atoms with E-state index in [4.69, 9.17) is 0 Å². The Morgan fingerprint density at radius 3 is 2.00 bits per heavy atom. The Morgan fingerprint density at radius 1 is 0.714 bits per heavy atom. The van der Waals surface area contributed by atoms with Crippen LogP contribution in [0.1, 0.15) is 30.9 Å². The van der Waals surface area contributed by atoms with Gasteiger partial charge in [0.15, 0.2) is 17.5 Å². The summed E-state index contributed by atoms with van der Waals surface area (Å²) in [5, 5.41) is -0.643. The second-order valence-corrected chi connectivity index (χ2v) is 8.10. The summed E-state index contributed by atoms with van der Waals surface area (Å²) in [6.45, 7) is 2.06. The normalized spacial score (nSPS) is 11.8. The Labute approximate surface area is 196 Å². The van der Waals surface area contributed by atoms with Gasteiger partial charge in [0, 0.05) is 5.39 Å². The fraction of sp³-hybridized carbons (Fsp3) is 0.185. The lowest BCUT2D eigenvalue weighted by Crippen LogP contribution is -2.25. The van der Waals surface area contributed by atoms with Crippen LogP contribution < -0.4 is 4.74 Å². The smallest absolute Gasteiger partial charge is 0.429 e. The molecule has 0 N–H and O–H groups in total. The first-order valence-electron chi connectivity index (χ1n) is 10.8. The molecule has 0 saturated carbocycles. The Morgan fingerprint density at radius 2 is 1.37 bits per heavy atom. The van der Waals surface area contributed by atoms with Crippen molar-refractivity contribution in [3.05, 3.63) is 101 Å². The molecule has 4 aromatic rings. The van der Waals surface area contributed by atoms with Gasteiger partial charge in [-0.3, -0.25) is 0 Å². The van der Waals surface area contributed by atoms with Gasteiger partial charge in [-0.2, -0.15) is 8.78 Å². The highest BCUT2D eigenvalue weighted by molar-refractivity contribution is 5.84. The van der Waals surface area contributed by atoms with Crippen molar-refractivity contribution in [2.24, 2.45) is 0 Å². The van der Waals surface area contributed by atoms with E-state index in [1.807, 2.05) is 12.1 Å². The average Bonchev–Trinajstić information content (AvgIpc) is 2.80. The van der Waals surface area contributed by atoms with Crippen molar-refractivity contribution in [2.45, 2.75) is 32.3 Å². The topological polar surface area (TPSA) is 9.23 Å². The van der Waals surface area contributed by atoms with Gasteiger partial charge >= 0.3 is 6.11 Å². The minimum atomic E-state index is -4.46. The number of hydrogen-bond donors (Lipinski definition) is 0. The van der Waals surface area contributed by atoms with E-state index >= 15 is 0 Å². The highest BCUT2D eigenvalue weighted by Crippen LogP contribution is 2.38. The molecule has 0 amide bonds. The van der Waals surface area contributed by atoms with Crippen LogP contribution in [0.3, 0.4) is 0 Å². The molecule has 0 bridgehead atoms. The molecule has 0 unspecified atom stereocenters. The van der Waals surface area contributed by atoms with Crippen LogP contribution in [0, 0.1) is 29.1 Å². The standard InChI is InChI=1S/C27H19F7O/c1-2-3-4-15-5-7-16(8-6-15)17-12-21(28)24(22(29)13-17)27(33,34)35-19-9-10-20-18(11-19)14-23(30)26(32)25(20)31/h5-14H,2-4H2,1H3. The Balaban J connectivity index is 1.63. The second kappa shape index (κ2) is 9.60. The van der Waals surface area contributed by atoms with Crippen LogP contribution in [0.15, 0.2) is 60.7 Å². The van der Waals surface area contributed by atoms with E-state index in [1.54, 1.807) is 12.1 Å². The number of aryl methyl sites for hydroxylation is 1. The molecule has 182 valence electrons. The molecule has 0 atom stereocenters. The highest BCUT2D eigenvalue weighted by atomic mass is 19.3. The summed E-state index contributed by atoms with van der Waals surface area (Å²) in [4.78, 5) is 0. The predicted molar refractivity (Wildman–Crippen MR) is 119 cm³/mol. The largest absolute Gasteiger partial charge is 0.432 e. The Kier molecular flexibility index (Phi) is 6.74. The van der Waals surface area contributed by atoms with E-state index in [-0.39, 0.29) is 16.3 Å². The summed E-state index contributed by atoms with van der Waals surface area (Å²) < 4.78 is 104. The van der Waals surface area contributed by atoms with E-state index in [1.165, 1.54) is 0 Å². The van der Waals surface area contributed by atoms with Crippen molar-refractivity contribution < 1.29 is 35.5 Å². The van der Waals surface area contributed by atoms with E-state index in [2.05, 4.69) is 11.7 Å². The van der Waals surface area contributed by atoms with E-state index in [9.17, 15) is 30.7 Å². The molecule has 0 aromatic heterocycles. The van der Waals surface area contributed by atoms with Crippen LogP contribution in [-0.2, 0) is 12.5 Å². The summed E-state index contributed by atoms with van der Waals surface area (Å²) in [7, 11) is 0. The third kappa shape index (κ3) is 4.97. The minimum Gasteiger partial charge on any atom is -0.429 e. The monoisotopic (exact) mass is 492 g/mol. The van der Waals surface area contributed by atoms with Gasteiger partial charge in [0.2, 0.25) is 0 Å². The van der Waals surface area contributed by atoms with Crippen molar-refractivity contribution in [3.8, 4) is 16.9 Å². The lowest BCUT2D eigenvalue weighted by molar-refractivity contribution is -0.189. The molecule has 0 spiro atoms. The fourth-order valence-electron chi connectivity index (χ4n) is 3.81. The number of ether oxygens (including phenoxy) is 1. The zero-order valence-electron chi connectivity index (χ0n) is 18.4. The van der Waals surface area contributed by atoms with Gasteiger partial charge in [0.25, 0.3) is 0 Å². The molecule has 0 radical (unpaired) electrons. The SMILES string of the molecule is CCCCc1ccc(-c2cc(F)c(C(F)(F)Oc3ccc4c(F)c(F)c(F)cc4c3)c(F)c2)cc1. The van der Waals surface area contributed by atoms with Gasteiger partial charge in [-0.15, -0.1) is 0 Å². The first-order chi connectivity index (χ1) is 16.6. The molecular formula is C27H19F7O. The fourth-order valence-corrected chi connectivity index (χ4v) is 3.81. The third-order valence-corrected chi connectivity index (χ3v) is 5.63. The summed E-state index contributed by atoms with van der Waals surface area (Å²) in [5.41, 5.74) is -0.0479. The number of fused-ring (bicyclic) bond motifs is 1. The lowest BCUT2D eigenvalue weighted by atomic mass is 9.99. The van der Waals surface area contributed by atoms with Crippen LogP contribution in [0.25, 0.3) is 21.9 Å². The van der Waals surface area contributed by atoms with Gasteiger partial charge in [0.1, 0.15) is 22.9 Å². The van der Waals surface area contributed by atoms with Crippen molar-refractivity contribution in [3.63, 3.8) is 0 Å². The van der Waals surface area contributed by atoms with Gasteiger partial charge < -0.3 is 4.74 Å². The maximum Gasteiger partial charge on any atom is 0.432 e. The summed E-state index contributed by atoms with van der Waals surface area (Å²) in [6, 6.07) is 11.7. The van der Waals surface area contributed by atoms with Gasteiger partial charge in [-0.05, 0) is 71.3 Å². The quantitative estimate of drug-likeness (QED) is 0.185. The second-order valence-electron chi connectivity index (χ2n) is 8.10. The van der Waals surface area contributed by atoms with E-state index < -0.39 is 46.5 Å². The molecule has 1 nitrogen and oxygen atoms in total. The maximum atomic E-state index is 14.8. The Hall–Kier alpha value is -3.55. The molecule has 0 saturated heterocycles. The number of rotatable bonds is 7. The average molecular weight is 492 g/mol. The minimum absolute atomic E-state index is 0.0697. The Bertz CT molecular complexity index is 1360. The molecule has 0 aliphatic heterocycles. The molecule has 35 heavy (non-hydrogen) atoms. The van der Waals surface area contributed by atoms with Crippen LogP contribution in [-0.4, -0.2) is 0 Å². The predicted octanol–water partition coefficient (Wildman–Crippen LogP) is 8.67. The van der Waals surface area contributed by atoms with Gasteiger partial charge in [-0.25, -0.2) is 22.0 Å². The zero-order chi connectivity index (χ0) is 25.3. The van der Waals surface area contributed by atoms with Crippen molar-refractivity contribution >= 4 is 10.8 Å². The molecule has 0 aliphatic carbocycles. The highest BCUT2D eigenvalue weighted by Gasteiger charge is 2.41. The number of unbranched alkanes of at least 4 members (excludes halogenated alkanes) is 1. The molecule has 8 heteroatoms. The maximum absolute atomic E-state index is 14.8. The van der Waals surface area contributed by atoms with Gasteiger partial charge in [0.05, 0.1) is 0 Å². The third-order valence-electron chi connectivity index (χ3n) is 5.63. The van der Waals surface area contributed by atoms with Crippen LogP contribution in [0.5, 0.6) is 5.75 Å². The molecular weight excluding hydrogens is 473 g/mol. The number of halogens is 7. The van der Waals surface area contributed by atoms with Crippen molar-refractivity contribution in [1.82, 2.24) is 0 Å². The number of hydrogen-bond acceptors (Lipinski definition) is 1. The first kappa shape index (κ1) is 24.6. The molecule has 0 heterocycles. The zero-order valence-corrected chi connectivity index (χ0v) is 18.4. The molecule has 4 rings (SSSR count). The van der Waals surface area contributed by atoms with Crippen LogP contribution in [0.2, 0.25) is 0 Å². The first-order valence-corrected chi connectivity index (χ1v) is 10.8. The summed E-state index contributed by atoms with van der Waals surface area (Å²) in [6.07, 6.45) is -1.60. The van der Waals surface area contributed by atoms with E-state index in [0.29, 0.717) is 11.6 Å². The molecule has 0 fully saturated rings. The molecule has 4 aromatic carbocycles. The lowest BCUT2D eigenvalue weighted by Gasteiger charge is -2.20. The number of benzene rings is 4. The van der Waals surface area contributed by atoms with Crippen LogP contribution in [0.4, 0.5) is 30.7 Å². The van der Waals surface area contributed by atoms with Crippen molar-refractivity contribution in [1.29, 1.82) is 0 Å². The van der Waals surface area contributed by atoms with Gasteiger partial charge in [-0.1, -0.05) is 37.6 Å². The summed E-state index contributed by atoms with van der Waals surface area (Å²) >= 11 is 0. The van der Waals surface area contributed by atoms with Crippen molar-refractivity contribution in [2.75, 3.05) is 0 Å². The summed E-state index contributed by atoms with van der Waals surface area (Å²) in [5.74, 6) is -8.41. The van der Waals surface area contributed by atoms with Crippen LogP contribution >= 0.6 is 0 Å². The molecule has 0 aliphatic rings. The number of alkyl halides is 2. The van der Waals surface area contributed by atoms with E-state index in [0.717, 1.165) is 55.2 Å².